The zero-order valence-corrected chi connectivity index (χ0v) is 40.9. The maximum atomic E-state index is 12.2. The maximum absolute atomic E-state index is 12.2. The number of hydrogen-bond donors (Lipinski definition) is 0. The number of esters is 4. The van der Waals surface area contributed by atoms with Crippen LogP contribution in [0, 0.1) is 11.8 Å². The molecule has 0 bridgehead atoms. The van der Waals surface area contributed by atoms with Gasteiger partial charge in [-0.2, -0.15) is 0 Å². The molecule has 2 atom stereocenters. The molecule has 2 unspecified atom stereocenters. The van der Waals surface area contributed by atoms with Crippen molar-refractivity contribution in [1.29, 1.82) is 0 Å². The summed E-state index contributed by atoms with van der Waals surface area (Å²) in [6, 6.07) is 26.2. The summed E-state index contributed by atoms with van der Waals surface area (Å²) in [5.74, 6) is -0.00659. The van der Waals surface area contributed by atoms with Gasteiger partial charge in [-0.3, -0.25) is 9.59 Å². The number of benzene rings is 3. The Bertz CT molecular complexity index is 1520. The number of unbranched alkanes of at least 4 members (excludes halogenated alkanes) is 11. The van der Waals surface area contributed by atoms with Gasteiger partial charge >= 0.3 is 23.9 Å². The van der Waals surface area contributed by atoms with Crippen molar-refractivity contribution in [3.8, 4) is 0 Å². The molecule has 0 N–H and O–H groups in total. The molecule has 0 aliphatic carbocycles. The van der Waals surface area contributed by atoms with E-state index in [2.05, 4.69) is 41.5 Å². The van der Waals surface area contributed by atoms with Crippen LogP contribution < -0.4 is 0 Å². The molecular formula is C56H86O8. The van der Waals surface area contributed by atoms with Gasteiger partial charge in [-0.15, -0.1) is 0 Å². The lowest BCUT2D eigenvalue weighted by molar-refractivity contribution is -0.144. The number of carbonyl (C=O) groups is 4. The van der Waals surface area contributed by atoms with Crippen LogP contribution in [-0.2, 0) is 41.4 Å². The van der Waals surface area contributed by atoms with Crippen molar-refractivity contribution in [1.82, 2.24) is 0 Å². The molecule has 0 heterocycles. The molecule has 8 nitrogen and oxygen atoms in total. The van der Waals surface area contributed by atoms with Crippen molar-refractivity contribution in [2.75, 3.05) is 26.4 Å². The third kappa shape index (κ3) is 30.6. The molecule has 0 aromatic heterocycles. The molecule has 0 spiro atoms. The Labute approximate surface area is 389 Å². The summed E-state index contributed by atoms with van der Waals surface area (Å²) in [5.41, 5.74) is 3.11. The van der Waals surface area contributed by atoms with Crippen LogP contribution in [0.2, 0.25) is 0 Å². The topological polar surface area (TPSA) is 105 Å². The van der Waals surface area contributed by atoms with Gasteiger partial charge in [0.15, 0.2) is 0 Å². The predicted octanol–water partition coefficient (Wildman–Crippen LogP) is 14.7. The SMILES string of the molecule is CCCCC(CC)COC(=O)c1ccc(C(=O)OCC(CC)CCCC)cc1.CCCCCCCCOC(=O)CCCCCCC.O=C(Cc1ccccc1)OCCc1ccccc1. The lowest BCUT2D eigenvalue weighted by Gasteiger charge is -2.15. The second-order valence-corrected chi connectivity index (χ2v) is 16.9. The van der Waals surface area contributed by atoms with E-state index < -0.39 is 0 Å². The molecule has 358 valence electrons. The lowest BCUT2D eigenvalue weighted by Crippen LogP contribution is -2.15. The fourth-order valence-corrected chi connectivity index (χ4v) is 6.85. The van der Waals surface area contributed by atoms with E-state index in [0.29, 0.717) is 62.2 Å². The van der Waals surface area contributed by atoms with Crippen LogP contribution in [0.5, 0.6) is 0 Å². The van der Waals surface area contributed by atoms with E-state index in [9.17, 15) is 19.2 Å². The van der Waals surface area contributed by atoms with Gasteiger partial charge in [0.2, 0.25) is 0 Å². The van der Waals surface area contributed by atoms with Crippen LogP contribution >= 0.6 is 0 Å². The van der Waals surface area contributed by atoms with Gasteiger partial charge < -0.3 is 18.9 Å². The first-order valence-corrected chi connectivity index (χ1v) is 25.0. The zero-order valence-electron chi connectivity index (χ0n) is 40.9. The highest BCUT2D eigenvalue weighted by atomic mass is 16.5. The van der Waals surface area contributed by atoms with Crippen LogP contribution in [0.4, 0.5) is 0 Å². The predicted molar refractivity (Wildman–Crippen MR) is 263 cm³/mol. The van der Waals surface area contributed by atoms with Crippen LogP contribution in [0.25, 0.3) is 0 Å². The van der Waals surface area contributed by atoms with Crippen LogP contribution in [-0.4, -0.2) is 50.3 Å². The van der Waals surface area contributed by atoms with E-state index >= 15 is 0 Å². The van der Waals surface area contributed by atoms with Crippen LogP contribution in [0.1, 0.15) is 202 Å². The minimum Gasteiger partial charge on any atom is -0.466 e. The first-order valence-electron chi connectivity index (χ1n) is 25.0. The third-order valence-electron chi connectivity index (χ3n) is 11.3. The maximum Gasteiger partial charge on any atom is 0.338 e. The first-order chi connectivity index (χ1) is 31.2. The molecule has 0 aliphatic rings. The molecule has 8 heteroatoms. The number of rotatable bonds is 32. The molecule has 0 saturated carbocycles. The average molecular weight is 887 g/mol. The quantitative estimate of drug-likeness (QED) is 0.0347. The van der Waals surface area contributed by atoms with E-state index in [0.717, 1.165) is 76.2 Å². The van der Waals surface area contributed by atoms with Crippen molar-refractivity contribution >= 4 is 23.9 Å². The second kappa shape index (κ2) is 40.1. The first kappa shape index (κ1) is 57.6. The Kier molecular flexibility index (Phi) is 36.0. The second-order valence-electron chi connectivity index (χ2n) is 16.9. The fourth-order valence-electron chi connectivity index (χ4n) is 6.85. The molecule has 3 aromatic rings. The summed E-state index contributed by atoms with van der Waals surface area (Å²) in [6.07, 6.45) is 23.9. The molecule has 64 heavy (non-hydrogen) atoms. The van der Waals surface area contributed by atoms with Gasteiger partial charge in [0.1, 0.15) is 0 Å². The molecule has 0 radical (unpaired) electrons. The van der Waals surface area contributed by atoms with Crippen molar-refractivity contribution < 1.29 is 38.1 Å². The minimum absolute atomic E-state index is 0.0000525. The summed E-state index contributed by atoms with van der Waals surface area (Å²) >= 11 is 0. The van der Waals surface area contributed by atoms with Crippen LogP contribution in [0.15, 0.2) is 84.9 Å². The molecule has 3 aromatic carbocycles. The lowest BCUT2D eigenvalue weighted by atomic mass is 10.0. The van der Waals surface area contributed by atoms with E-state index in [1.807, 2.05) is 60.7 Å². The Hall–Kier alpha value is -4.46. The normalized spacial score (nSPS) is 11.5. The summed E-state index contributed by atoms with van der Waals surface area (Å²) in [6.45, 7) is 15.0. The number of ether oxygens (including phenoxy) is 4. The van der Waals surface area contributed by atoms with Gasteiger partial charge in [0.05, 0.1) is 44.0 Å². The summed E-state index contributed by atoms with van der Waals surface area (Å²) in [4.78, 5) is 47.4. The van der Waals surface area contributed by atoms with Gasteiger partial charge in [-0.05, 0) is 72.9 Å². The largest absolute Gasteiger partial charge is 0.466 e. The van der Waals surface area contributed by atoms with E-state index in [1.165, 1.54) is 63.4 Å². The number of carbonyl (C=O) groups excluding carboxylic acids is 4. The van der Waals surface area contributed by atoms with Crippen molar-refractivity contribution in [2.45, 2.75) is 183 Å². The summed E-state index contributed by atoms with van der Waals surface area (Å²) in [7, 11) is 0. The molecule has 0 saturated heterocycles. The monoisotopic (exact) mass is 887 g/mol. The average Bonchev–Trinajstić information content (AvgIpc) is 3.32. The molecular weight excluding hydrogens is 801 g/mol. The minimum atomic E-state index is -0.333. The standard InChI is InChI=1S/C24H38O4.C16H16O2.C16H32O2/c1-5-9-11-19(7-3)17-27-23(25)21-13-15-22(16-14-21)24(26)28-18-20(8-4)12-10-6-2;17-16(13-15-9-5-2-6-10-15)18-12-11-14-7-3-1-4-8-14;1-3-5-7-9-11-13-15-18-16(17)14-12-10-8-6-4-2/h13-16,19-20H,5-12,17-18H2,1-4H3;1-10H,11-13H2;3-15H2,1-2H3. The van der Waals surface area contributed by atoms with Gasteiger partial charge in [-0.25, -0.2) is 9.59 Å². The van der Waals surface area contributed by atoms with Crippen molar-refractivity contribution in [3.63, 3.8) is 0 Å². The number of hydrogen-bond acceptors (Lipinski definition) is 8. The summed E-state index contributed by atoms with van der Waals surface area (Å²) < 4.78 is 21.3. The molecule has 0 fully saturated rings. The van der Waals surface area contributed by atoms with Crippen molar-refractivity contribution in [2.24, 2.45) is 11.8 Å². The van der Waals surface area contributed by atoms with E-state index in [-0.39, 0.29) is 23.9 Å². The molecule has 3 rings (SSSR count). The van der Waals surface area contributed by atoms with Gasteiger partial charge in [0, 0.05) is 12.8 Å². The Morgan fingerprint density at radius 1 is 0.422 bits per heavy atom. The Morgan fingerprint density at radius 3 is 1.31 bits per heavy atom. The Balaban J connectivity index is 0.000000499. The van der Waals surface area contributed by atoms with Gasteiger partial charge in [-0.1, -0.05) is 199 Å². The highest BCUT2D eigenvalue weighted by Crippen LogP contribution is 2.17. The van der Waals surface area contributed by atoms with Crippen LogP contribution in [0.3, 0.4) is 0 Å². The highest BCUT2D eigenvalue weighted by Gasteiger charge is 2.15. The smallest absolute Gasteiger partial charge is 0.338 e. The third-order valence-corrected chi connectivity index (χ3v) is 11.3. The Morgan fingerprint density at radius 2 is 0.844 bits per heavy atom. The van der Waals surface area contributed by atoms with E-state index in [4.69, 9.17) is 18.9 Å². The van der Waals surface area contributed by atoms with E-state index in [1.54, 1.807) is 24.3 Å². The summed E-state index contributed by atoms with van der Waals surface area (Å²) in [5, 5.41) is 0. The zero-order chi connectivity index (χ0) is 46.9. The van der Waals surface area contributed by atoms with Crippen molar-refractivity contribution in [3.05, 3.63) is 107 Å². The molecule has 0 aliphatic heterocycles. The fraction of sp³-hybridized carbons (Fsp3) is 0.607. The van der Waals surface area contributed by atoms with Gasteiger partial charge in [0.25, 0.3) is 0 Å². The molecule has 0 amide bonds. The highest BCUT2D eigenvalue weighted by molar-refractivity contribution is 5.93.